The summed E-state index contributed by atoms with van der Waals surface area (Å²) in [5, 5.41) is 8.66. The first-order chi connectivity index (χ1) is 27.6. The lowest BCUT2D eigenvalue weighted by atomic mass is 9.89. The lowest BCUT2D eigenvalue weighted by Gasteiger charge is -2.40. The number of carbonyl (C=O) groups excluding carboxylic acids is 4. The number of carbonyl (C=O) groups is 4. The van der Waals surface area contributed by atoms with E-state index in [1.54, 1.807) is 24.0 Å². The molecule has 0 spiro atoms. The van der Waals surface area contributed by atoms with Gasteiger partial charge in [0.2, 0.25) is 0 Å². The smallest absolute Gasteiger partial charge is 0.407 e. The number of aryl methyl sites for hydroxylation is 1. The molecule has 2 fully saturated rings. The Morgan fingerprint density at radius 2 is 1.82 bits per heavy atom. The number of nitrogens with zero attached hydrogens (tertiary/aromatic N) is 4. The number of rotatable bonds is 17. The second-order valence-electron chi connectivity index (χ2n) is 14.7. The number of urea groups is 1. The minimum Gasteiger partial charge on any atom is -0.447 e. The highest BCUT2D eigenvalue weighted by Crippen LogP contribution is 2.38. The predicted molar refractivity (Wildman–Crippen MR) is 206 cm³/mol. The first-order valence-electron chi connectivity index (χ1n) is 19.5. The van der Waals surface area contributed by atoms with Gasteiger partial charge < -0.3 is 39.6 Å². The summed E-state index contributed by atoms with van der Waals surface area (Å²) in [6, 6.07) is 12.9. The van der Waals surface area contributed by atoms with Gasteiger partial charge in [-0.2, -0.15) is 0 Å². The zero-order valence-corrected chi connectivity index (χ0v) is 32.3. The van der Waals surface area contributed by atoms with Crippen molar-refractivity contribution in [1.82, 2.24) is 35.3 Å². The molecule has 4 heterocycles. The van der Waals surface area contributed by atoms with Crippen LogP contribution in [0.3, 0.4) is 0 Å². The molecule has 0 bridgehead atoms. The van der Waals surface area contributed by atoms with Gasteiger partial charge >= 0.3 is 12.1 Å². The third-order valence-electron chi connectivity index (χ3n) is 10.4. The van der Waals surface area contributed by atoms with Crippen molar-refractivity contribution < 1.29 is 42.2 Å². The molecule has 14 nitrogen and oxygen atoms in total. The Kier molecular flexibility index (Phi) is 14.4. The molecule has 4 unspecified atom stereocenters. The molecule has 2 saturated heterocycles. The molecule has 3 aliphatic heterocycles. The van der Waals surface area contributed by atoms with Crippen LogP contribution in [0.15, 0.2) is 66.9 Å². The van der Waals surface area contributed by atoms with Gasteiger partial charge in [0.15, 0.2) is 0 Å². The Bertz CT molecular complexity index is 1870. The highest BCUT2D eigenvalue weighted by molar-refractivity contribution is 6.12. The molecule has 6 rings (SSSR count). The fourth-order valence-corrected chi connectivity index (χ4v) is 7.35. The van der Waals surface area contributed by atoms with E-state index in [0.29, 0.717) is 56.2 Å². The molecular weight excluding hydrogens is 740 g/mol. The lowest BCUT2D eigenvalue weighted by Crippen LogP contribution is -2.52. The quantitative estimate of drug-likeness (QED) is 0.135. The maximum atomic E-state index is 15.4. The van der Waals surface area contributed by atoms with Crippen LogP contribution in [-0.4, -0.2) is 121 Å². The number of nitrogens with one attached hydrogen (secondary N) is 3. The predicted octanol–water partition coefficient (Wildman–Crippen LogP) is 4.14. The molecule has 2 aromatic carbocycles. The van der Waals surface area contributed by atoms with E-state index in [-0.39, 0.29) is 51.9 Å². The molecule has 306 valence electrons. The van der Waals surface area contributed by atoms with Gasteiger partial charge in [-0.25, -0.2) is 23.4 Å². The van der Waals surface area contributed by atoms with Gasteiger partial charge in [-0.1, -0.05) is 42.0 Å². The van der Waals surface area contributed by atoms with Crippen molar-refractivity contribution in [3.63, 3.8) is 0 Å². The van der Waals surface area contributed by atoms with Gasteiger partial charge in [0.05, 0.1) is 37.5 Å². The molecule has 16 heteroatoms. The number of alkyl carbamates (subject to hydrolysis) is 1. The zero-order chi connectivity index (χ0) is 40.3. The van der Waals surface area contributed by atoms with Crippen LogP contribution in [0.5, 0.6) is 0 Å². The number of halogens is 2. The van der Waals surface area contributed by atoms with Crippen LogP contribution in [0.25, 0.3) is 11.3 Å². The summed E-state index contributed by atoms with van der Waals surface area (Å²) in [5.74, 6) is -1.25. The van der Waals surface area contributed by atoms with Crippen molar-refractivity contribution in [2.45, 2.75) is 51.5 Å². The van der Waals surface area contributed by atoms with Crippen LogP contribution in [0.4, 0.5) is 18.4 Å². The van der Waals surface area contributed by atoms with Gasteiger partial charge in [0.25, 0.3) is 11.8 Å². The Hall–Kier alpha value is -5.19. The Morgan fingerprint density at radius 1 is 1.07 bits per heavy atom. The minimum absolute atomic E-state index is 0.0824. The number of hydrogen-bond acceptors (Lipinski definition) is 9. The van der Waals surface area contributed by atoms with E-state index in [4.69, 9.17) is 19.2 Å². The second kappa shape index (κ2) is 19.8. The molecule has 0 saturated carbocycles. The molecular formula is C41H51F2N7O7. The van der Waals surface area contributed by atoms with E-state index in [1.807, 2.05) is 48.0 Å². The summed E-state index contributed by atoms with van der Waals surface area (Å²) in [4.78, 5) is 58.1. The van der Waals surface area contributed by atoms with E-state index in [9.17, 15) is 19.2 Å². The monoisotopic (exact) mass is 791 g/mol. The fraction of sp³-hybridized carbons (Fsp3) is 0.488. The number of imide groups is 1. The fourth-order valence-electron chi connectivity index (χ4n) is 7.35. The van der Waals surface area contributed by atoms with Crippen molar-refractivity contribution in [1.29, 1.82) is 0 Å². The van der Waals surface area contributed by atoms with E-state index >= 15 is 8.78 Å². The molecule has 4 atom stereocenters. The van der Waals surface area contributed by atoms with E-state index in [1.165, 1.54) is 18.2 Å². The Morgan fingerprint density at radius 3 is 2.54 bits per heavy atom. The number of ether oxygens (including phenoxy) is 3. The molecule has 1 aromatic heterocycles. The van der Waals surface area contributed by atoms with Crippen LogP contribution in [0, 0.1) is 24.6 Å². The summed E-state index contributed by atoms with van der Waals surface area (Å²) >= 11 is 0. The first kappa shape index (κ1) is 41.4. The van der Waals surface area contributed by atoms with E-state index < -0.39 is 53.9 Å². The number of hydrogen-bond donors (Lipinski definition) is 3. The average molecular weight is 792 g/mol. The molecule has 5 amide bonds. The van der Waals surface area contributed by atoms with Gasteiger partial charge in [-0.15, -0.1) is 0 Å². The van der Waals surface area contributed by atoms with E-state index in [0.717, 1.165) is 16.0 Å². The molecule has 57 heavy (non-hydrogen) atoms. The number of imidazole rings is 1. The summed E-state index contributed by atoms with van der Waals surface area (Å²) in [7, 11) is 0. The highest BCUT2D eigenvalue weighted by Gasteiger charge is 2.40. The van der Waals surface area contributed by atoms with Crippen LogP contribution < -0.4 is 16.0 Å². The third-order valence-corrected chi connectivity index (χ3v) is 10.4. The molecule has 0 aliphatic carbocycles. The molecule has 0 radical (unpaired) electrons. The maximum Gasteiger partial charge on any atom is 0.407 e. The summed E-state index contributed by atoms with van der Waals surface area (Å²) in [6.45, 7) is 5.90. The highest BCUT2D eigenvalue weighted by atomic mass is 19.1. The van der Waals surface area contributed by atoms with Crippen LogP contribution in [-0.2, 0) is 30.3 Å². The topological polar surface area (TPSA) is 156 Å². The van der Waals surface area contributed by atoms with Crippen molar-refractivity contribution >= 4 is 23.9 Å². The van der Waals surface area contributed by atoms with E-state index in [2.05, 4.69) is 16.0 Å². The third kappa shape index (κ3) is 11.0. The second-order valence-corrected chi connectivity index (χ2v) is 14.7. The van der Waals surface area contributed by atoms with Gasteiger partial charge in [-0.3, -0.25) is 14.5 Å². The number of alkyl halides is 1. The van der Waals surface area contributed by atoms with Crippen molar-refractivity contribution in [3.05, 3.63) is 89.6 Å². The van der Waals surface area contributed by atoms with Gasteiger partial charge in [-0.05, 0) is 50.3 Å². The number of amides is 5. The van der Waals surface area contributed by atoms with Crippen molar-refractivity contribution in [3.8, 4) is 11.3 Å². The lowest BCUT2D eigenvalue weighted by molar-refractivity contribution is -0.137. The van der Waals surface area contributed by atoms with Gasteiger partial charge in [0, 0.05) is 75.8 Å². The summed E-state index contributed by atoms with van der Waals surface area (Å²) in [5.41, 5.74) is 2.63. The van der Waals surface area contributed by atoms with Crippen LogP contribution >= 0.6 is 0 Å². The number of aromatic nitrogens is 2. The first-order valence-corrected chi connectivity index (χ1v) is 19.5. The largest absolute Gasteiger partial charge is 0.447 e. The average Bonchev–Trinajstić information content (AvgIpc) is 3.91. The SMILES string of the molecule is Cc1ccc(F)c(-c2cn(Cc3ccccc3)c(C(C3CCOCC3)N(CC3CNCC3F)C(=O)NC(C)COC(=O)NCCOCCN3C(=O)C=CC3=O)n2)c1. The van der Waals surface area contributed by atoms with Crippen LogP contribution in [0.1, 0.15) is 42.8 Å². The van der Waals surface area contributed by atoms with Crippen molar-refractivity contribution in [2.24, 2.45) is 11.8 Å². The zero-order valence-electron chi connectivity index (χ0n) is 32.3. The van der Waals surface area contributed by atoms with Crippen molar-refractivity contribution in [2.75, 3.05) is 65.8 Å². The Balaban J connectivity index is 1.18. The molecule has 3 aromatic rings. The molecule has 3 N–H and O–H groups in total. The normalized spacial score (nSPS) is 19.5. The Labute approximate surface area is 330 Å². The van der Waals surface area contributed by atoms with Gasteiger partial charge in [0.1, 0.15) is 24.4 Å². The maximum absolute atomic E-state index is 15.4. The van der Waals surface area contributed by atoms with Crippen LogP contribution in [0.2, 0.25) is 0 Å². The summed E-state index contributed by atoms with van der Waals surface area (Å²) < 4.78 is 49.2. The summed E-state index contributed by atoms with van der Waals surface area (Å²) in [6.07, 6.45) is 3.57. The molecule has 3 aliphatic rings. The number of benzene rings is 2. The standard InChI is InChI=1S/C41H51F2N7O7/c1-27-8-9-33(42)32(20-27)35-25-48(23-29-6-4-3-5-7-29)39(47-35)38(30-12-16-55-17-13-30)50(24-31-21-44-22-34(31)43)40(53)46-28(2)26-57-41(54)45-14-18-56-19-15-49-36(51)10-11-37(49)52/h3-11,20,25,28,30-31,34,38,44H,12-19,21-24,26H2,1-2H3,(H,45,54)(H,46,53). The minimum atomic E-state index is -1.17.